The lowest BCUT2D eigenvalue weighted by Gasteiger charge is -2.30. The van der Waals surface area contributed by atoms with Gasteiger partial charge in [0.2, 0.25) is 5.91 Å². The van der Waals surface area contributed by atoms with Crippen LogP contribution in [0, 0.1) is 0 Å². The Morgan fingerprint density at radius 1 is 1.11 bits per heavy atom. The van der Waals surface area contributed by atoms with Crippen molar-refractivity contribution >= 4 is 17.7 Å². The van der Waals surface area contributed by atoms with E-state index in [0.29, 0.717) is 24.2 Å². The van der Waals surface area contributed by atoms with Gasteiger partial charge in [-0.1, -0.05) is 12.1 Å². The Morgan fingerprint density at radius 3 is 2.36 bits per heavy atom. The Bertz CT molecular complexity index is 935. The molecule has 0 N–H and O–H groups in total. The van der Waals surface area contributed by atoms with E-state index in [2.05, 4.69) is 25.9 Å². The molecule has 146 valence electrons. The average molecular weight is 380 g/mol. The predicted molar refractivity (Wildman–Crippen MR) is 103 cm³/mol. The maximum Gasteiger partial charge on any atom is 0.261 e. The number of carbonyl (C=O) groups excluding carboxylic acids is 3. The van der Waals surface area contributed by atoms with E-state index in [1.807, 2.05) is 10.9 Å². The number of hydrogen-bond donors (Lipinski definition) is 0. The molecule has 0 unspecified atom stereocenters. The van der Waals surface area contributed by atoms with E-state index in [-0.39, 0.29) is 36.2 Å². The Balaban J connectivity index is 1.40. The fourth-order valence-corrected chi connectivity index (χ4v) is 3.93. The number of carbonyl (C=O) groups is 3. The standard InChI is InChI=1S/C21H24N4O3/c1-21(2,3)25-17-8-10-23(13-14(17)12-22-25)18(26)9-11-24-19(27)15-6-4-5-7-16(15)20(24)28/h4-7,12H,8-11,13H2,1-3H3. The molecule has 4 rings (SSSR count). The zero-order chi connectivity index (χ0) is 20.1. The van der Waals surface area contributed by atoms with E-state index in [1.54, 1.807) is 29.2 Å². The highest BCUT2D eigenvalue weighted by molar-refractivity contribution is 6.21. The van der Waals surface area contributed by atoms with Crippen LogP contribution in [0.5, 0.6) is 0 Å². The van der Waals surface area contributed by atoms with Crippen LogP contribution in [0.3, 0.4) is 0 Å². The predicted octanol–water partition coefficient (Wildman–Crippen LogP) is 2.21. The minimum atomic E-state index is -0.319. The van der Waals surface area contributed by atoms with Crippen molar-refractivity contribution in [3.63, 3.8) is 0 Å². The first-order chi connectivity index (χ1) is 13.3. The van der Waals surface area contributed by atoms with Gasteiger partial charge in [0.25, 0.3) is 11.8 Å². The van der Waals surface area contributed by atoms with Crippen LogP contribution >= 0.6 is 0 Å². The molecule has 2 aromatic rings. The van der Waals surface area contributed by atoms with E-state index in [1.165, 1.54) is 10.6 Å². The fourth-order valence-electron chi connectivity index (χ4n) is 3.93. The molecule has 0 spiro atoms. The van der Waals surface area contributed by atoms with Crippen LogP contribution in [0.4, 0.5) is 0 Å². The Labute approximate surface area is 163 Å². The summed E-state index contributed by atoms with van der Waals surface area (Å²) in [6.07, 6.45) is 2.73. The maximum absolute atomic E-state index is 12.7. The minimum Gasteiger partial charge on any atom is -0.338 e. The zero-order valence-corrected chi connectivity index (χ0v) is 16.4. The van der Waals surface area contributed by atoms with Crippen LogP contribution in [0.15, 0.2) is 30.5 Å². The summed E-state index contributed by atoms with van der Waals surface area (Å²) in [6.45, 7) is 7.58. The summed E-state index contributed by atoms with van der Waals surface area (Å²) in [4.78, 5) is 40.5. The number of amides is 3. The summed E-state index contributed by atoms with van der Waals surface area (Å²) in [5.74, 6) is -0.688. The third-order valence-electron chi connectivity index (χ3n) is 5.35. The second-order valence-electron chi connectivity index (χ2n) is 8.32. The number of hydrogen-bond acceptors (Lipinski definition) is 4. The monoisotopic (exact) mass is 380 g/mol. The van der Waals surface area contributed by atoms with Crippen molar-refractivity contribution in [2.75, 3.05) is 13.1 Å². The summed E-state index contributed by atoms with van der Waals surface area (Å²) in [5.41, 5.74) is 2.98. The summed E-state index contributed by atoms with van der Waals surface area (Å²) in [5, 5.41) is 4.50. The van der Waals surface area contributed by atoms with Gasteiger partial charge in [0.1, 0.15) is 0 Å². The largest absolute Gasteiger partial charge is 0.338 e. The highest BCUT2D eigenvalue weighted by Crippen LogP contribution is 2.26. The third-order valence-corrected chi connectivity index (χ3v) is 5.35. The van der Waals surface area contributed by atoms with Gasteiger partial charge in [-0.15, -0.1) is 0 Å². The van der Waals surface area contributed by atoms with Crippen LogP contribution in [-0.4, -0.2) is 50.4 Å². The molecule has 0 bridgehead atoms. The Hall–Kier alpha value is -2.96. The van der Waals surface area contributed by atoms with Crippen molar-refractivity contribution in [1.82, 2.24) is 19.6 Å². The number of nitrogens with zero attached hydrogens (tertiary/aromatic N) is 4. The number of imide groups is 1. The lowest BCUT2D eigenvalue weighted by molar-refractivity contribution is -0.132. The summed E-state index contributed by atoms with van der Waals surface area (Å²) in [6, 6.07) is 6.77. The highest BCUT2D eigenvalue weighted by atomic mass is 16.2. The lowest BCUT2D eigenvalue weighted by atomic mass is 10.0. The molecule has 7 nitrogen and oxygen atoms in total. The Morgan fingerprint density at radius 2 is 1.75 bits per heavy atom. The SMILES string of the molecule is CC(C)(C)n1ncc2c1CCN(C(=O)CCN1C(=O)c3ccccc3C1=O)C2. The van der Waals surface area contributed by atoms with Crippen LogP contribution in [0.25, 0.3) is 0 Å². The van der Waals surface area contributed by atoms with Gasteiger partial charge in [-0.2, -0.15) is 5.10 Å². The van der Waals surface area contributed by atoms with Gasteiger partial charge < -0.3 is 4.90 Å². The molecule has 7 heteroatoms. The number of aromatic nitrogens is 2. The van der Waals surface area contributed by atoms with E-state index in [4.69, 9.17) is 0 Å². The Kier molecular flexibility index (Phi) is 4.33. The van der Waals surface area contributed by atoms with E-state index in [9.17, 15) is 14.4 Å². The van der Waals surface area contributed by atoms with Crippen molar-refractivity contribution < 1.29 is 14.4 Å². The summed E-state index contributed by atoms with van der Waals surface area (Å²) >= 11 is 0. The molecule has 0 radical (unpaired) electrons. The van der Waals surface area contributed by atoms with E-state index in [0.717, 1.165) is 12.0 Å². The first kappa shape index (κ1) is 18.4. The molecule has 0 fully saturated rings. The van der Waals surface area contributed by atoms with Gasteiger partial charge in [0.05, 0.1) is 22.9 Å². The summed E-state index contributed by atoms with van der Waals surface area (Å²) in [7, 11) is 0. The molecule has 0 aliphatic carbocycles. The molecule has 2 aliphatic rings. The highest BCUT2D eigenvalue weighted by Gasteiger charge is 2.35. The zero-order valence-electron chi connectivity index (χ0n) is 16.4. The van der Waals surface area contributed by atoms with Crippen LogP contribution < -0.4 is 0 Å². The number of benzene rings is 1. The second-order valence-corrected chi connectivity index (χ2v) is 8.32. The molecule has 1 aromatic carbocycles. The molecule has 0 atom stereocenters. The van der Waals surface area contributed by atoms with Crippen molar-refractivity contribution in [2.24, 2.45) is 0 Å². The smallest absolute Gasteiger partial charge is 0.261 e. The van der Waals surface area contributed by atoms with E-state index < -0.39 is 0 Å². The molecule has 0 saturated carbocycles. The molecule has 3 heterocycles. The molecular weight excluding hydrogens is 356 g/mol. The van der Waals surface area contributed by atoms with Crippen LogP contribution in [-0.2, 0) is 23.3 Å². The van der Waals surface area contributed by atoms with Gasteiger partial charge in [-0.05, 0) is 32.9 Å². The molecule has 1 aromatic heterocycles. The first-order valence-corrected chi connectivity index (χ1v) is 9.56. The average Bonchev–Trinajstić information content (AvgIpc) is 3.20. The molecule has 28 heavy (non-hydrogen) atoms. The topological polar surface area (TPSA) is 75.5 Å². The van der Waals surface area contributed by atoms with Crippen LogP contribution in [0.2, 0.25) is 0 Å². The van der Waals surface area contributed by atoms with E-state index >= 15 is 0 Å². The van der Waals surface area contributed by atoms with Gasteiger partial charge in [0, 0.05) is 43.7 Å². The van der Waals surface area contributed by atoms with Gasteiger partial charge in [-0.3, -0.25) is 24.0 Å². The van der Waals surface area contributed by atoms with Crippen LogP contribution in [0.1, 0.15) is 59.2 Å². The maximum atomic E-state index is 12.7. The number of rotatable bonds is 3. The van der Waals surface area contributed by atoms with Gasteiger partial charge in [-0.25, -0.2) is 0 Å². The van der Waals surface area contributed by atoms with Crippen molar-refractivity contribution in [3.8, 4) is 0 Å². The third kappa shape index (κ3) is 3.00. The summed E-state index contributed by atoms with van der Waals surface area (Å²) < 4.78 is 2.03. The second kappa shape index (κ2) is 6.58. The molecule has 3 amide bonds. The number of fused-ring (bicyclic) bond motifs is 2. The van der Waals surface area contributed by atoms with Crippen molar-refractivity contribution in [1.29, 1.82) is 0 Å². The lowest BCUT2D eigenvalue weighted by Crippen LogP contribution is -2.40. The molecule has 0 saturated heterocycles. The quantitative estimate of drug-likeness (QED) is 0.765. The van der Waals surface area contributed by atoms with Gasteiger partial charge >= 0.3 is 0 Å². The first-order valence-electron chi connectivity index (χ1n) is 9.56. The fraction of sp³-hybridized carbons (Fsp3) is 0.429. The van der Waals surface area contributed by atoms with Gasteiger partial charge in [0.15, 0.2) is 0 Å². The minimum absolute atomic E-state index is 0.0503. The van der Waals surface area contributed by atoms with Crippen molar-refractivity contribution in [2.45, 2.75) is 45.7 Å². The molecule has 2 aliphatic heterocycles. The molecular formula is C21H24N4O3. The normalized spacial score (nSPS) is 16.4. The van der Waals surface area contributed by atoms with Crippen molar-refractivity contribution in [3.05, 3.63) is 52.8 Å².